The molecule has 0 saturated carbocycles. The Morgan fingerprint density at radius 3 is 2.69 bits per heavy atom. The van der Waals surface area contributed by atoms with Crippen LogP contribution in [0.2, 0.25) is 0 Å². The van der Waals surface area contributed by atoms with Crippen LogP contribution < -0.4 is 5.73 Å². The maximum absolute atomic E-state index is 11.3. The van der Waals surface area contributed by atoms with Gasteiger partial charge in [0.25, 0.3) is 0 Å². The van der Waals surface area contributed by atoms with Gasteiger partial charge in [0.05, 0.1) is 13.0 Å². The first-order valence-electron chi connectivity index (χ1n) is 5.58. The summed E-state index contributed by atoms with van der Waals surface area (Å²) in [6.07, 6.45) is 0.313. The zero-order valence-electron chi connectivity index (χ0n) is 10.1. The second-order valence-corrected chi connectivity index (χ2v) is 4.10. The number of carbonyl (C=O) groups excluding carboxylic acids is 1. The van der Waals surface area contributed by atoms with Crippen LogP contribution in [0, 0.1) is 0 Å². The van der Waals surface area contributed by atoms with E-state index >= 15 is 0 Å². The van der Waals surface area contributed by atoms with Gasteiger partial charge in [0.1, 0.15) is 0 Å². The van der Waals surface area contributed by atoms with Gasteiger partial charge >= 0.3 is 5.97 Å². The molecule has 3 heteroatoms. The van der Waals surface area contributed by atoms with Crippen molar-refractivity contribution in [2.24, 2.45) is 0 Å². The number of hydrogen-bond donors (Lipinski definition) is 1. The first kappa shape index (κ1) is 12.6. The molecule has 3 nitrogen and oxygen atoms in total. The molecule has 0 saturated heterocycles. The SMILES string of the molecule is CCOC(=O)Cc1ccc(N)c(C(C)C)c1. The van der Waals surface area contributed by atoms with Crippen molar-refractivity contribution in [2.75, 3.05) is 12.3 Å². The quantitative estimate of drug-likeness (QED) is 0.627. The number of hydrogen-bond acceptors (Lipinski definition) is 3. The van der Waals surface area contributed by atoms with Gasteiger partial charge in [-0.2, -0.15) is 0 Å². The number of esters is 1. The van der Waals surface area contributed by atoms with Gasteiger partial charge < -0.3 is 10.5 Å². The largest absolute Gasteiger partial charge is 0.466 e. The number of rotatable bonds is 4. The second kappa shape index (κ2) is 5.54. The highest BCUT2D eigenvalue weighted by molar-refractivity contribution is 5.73. The molecule has 0 heterocycles. The van der Waals surface area contributed by atoms with Crippen molar-refractivity contribution in [3.63, 3.8) is 0 Å². The van der Waals surface area contributed by atoms with Crippen molar-refractivity contribution in [3.05, 3.63) is 29.3 Å². The van der Waals surface area contributed by atoms with E-state index < -0.39 is 0 Å². The lowest BCUT2D eigenvalue weighted by Gasteiger charge is -2.11. The highest BCUT2D eigenvalue weighted by atomic mass is 16.5. The van der Waals surface area contributed by atoms with Crippen molar-refractivity contribution >= 4 is 11.7 Å². The monoisotopic (exact) mass is 221 g/mol. The van der Waals surface area contributed by atoms with Crippen LogP contribution in [-0.4, -0.2) is 12.6 Å². The summed E-state index contributed by atoms with van der Waals surface area (Å²) in [5, 5.41) is 0. The number of nitrogen functional groups attached to an aromatic ring is 1. The van der Waals surface area contributed by atoms with Crippen molar-refractivity contribution in [2.45, 2.75) is 33.1 Å². The highest BCUT2D eigenvalue weighted by Crippen LogP contribution is 2.23. The Balaban J connectivity index is 2.82. The highest BCUT2D eigenvalue weighted by Gasteiger charge is 2.08. The van der Waals surface area contributed by atoms with Crippen molar-refractivity contribution in [1.82, 2.24) is 0 Å². The minimum atomic E-state index is -0.193. The molecule has 0 atom stereocenters. The number of nitrogens with two attached hydrogens (primary N) is 1. The molecular weight excluding hydrogens is 202 g/mol. The zero-order valence-corrected chi connectivity index (χ0v) is 10.1. The van der Waals surface area contributed by atoms with Crippen LogP contribution in [0.25, 0.3) is 0 Å². The van der Waals surface area contributed by atoms with E-state index in [4.69, 9.17) is 10.5 Å². The van der Waals surface area contributed by atoms with E-state index in [0.29, 0.717) is 18.9 Å². The molecule has 0 radical (unpaired) electrons. The fraction of sp³-hybridized carbons (Fsp3) is 0.462. The average molecular weight is 221 g/mol. The summed E-state index contributed by atoms with van der Waals surface area (Å²) < 4.78 is 4.91. The lowest BCUT2D eigenvalue weighted by molar-refractivity contribution is -0.142. The molecule has 0 unspecified atom stereocenters. The normalized spacial score (nSPS) is 10.5. The van der Waals surface area contributed by atoms with Crippen LogP contribution in [0.15, 0.2) is 18.2 Å². The van der Waals surface area contributed by atoms with Gasteiger partial charge in [0.15, 0.2) is 0 Å². The summed E-state index contributed by atoms with van der Waals surface area (Å²) >= 11 is 0. The molecule has 1 aromatic rings. The van der Waals surface area contributed by atoms with Crippen molar-refractivity contribution in [3.8, 4) is 0 Å². The summed E-state index contributed by atoms with van der Waals surface area (Å²) in [5.41, 5.74) is 8.68. The zero-order chi connectivity index (χ0) is 12.1. The second-order valence-electron chi connectivity index (χ2n) is 4.10. The molecule has 1 rings (SSSR count). The Labute approximate surface area is 96.6 Å². The standard InChI is InChI=1S/C13H19NO2/c1-4-16-13(15)8-10-5-6-12(14)11(7-10)9(2)3/h5-7,9H,4,8,14H2,1-3H3. The third-order valence-electron chi connectivity index (χ3n) is 2.43. The van der Waals surface area contributed by atoms with Crippen LogP contribution in [-0.2, 0) is 16.0 Å². The van der Waals surface area contributed by atoms with Gasteiger partial charge in [-0.05, 0) is 30.0 Å². The van der Waals surface area contributed by atoms with Crippen LogP contribution in [0.5, 0.6) is 0 Å². The summed E-state index contributed by atoms with van der Waals surface area (Å²) in [6.45, 7) is 6.39. The van der Waals surface area contributed by atoms with Crippen molar-refractivity contribution in [1.29, 1.82) is 0 Å². The first-order chi connectivity index (χ1) is 7.54. The third-order valence-corrected chi connectivity index (χ3v) is 2.43. The van der Waals surface area contributed by atoms with E-state index in [1.807, 2.05) is 18.2 Å². The minimum Gasteiger partial charge on any atom is -0.466 e. The topological polar surface area (TPSA) is 52.3 Å². The molecular formula is C13H19NO2. The van der Waals surface area contributed by atoms with Crippen LogP contribution in [0.1, 0.15) is 37.8 Å². The summed E-state index contributed by atoms with van der Waals surface area (Å²) in [7, 11) is 0. The van der Waals surface area contributed by atoms with Gasteiger partial charge in [0.2, 0.25) is 0 Å². The lowest BCUT2D eigenvalue weighted by Crippen LogP contribution is -2.08. The molecule has 0 aliphatic heterocycles. The van der Waals surface area contributed by atoms with E-state index in [-0.39, 0.29) is 5.97 Å². The Bertz CT molecular complexity index is 372. The predicted octanol–water partition coefficient (Wildman–Crippen LogP) is 2.50. The number of ether oxygens (including phenoxy) is 1. The Hall–Kier alpha value is -1.51. The fourth-order valence-electron chi connectivity index (χ4n) is 1.61. The molecule has 0 spiro atoms. The third kappa shape index (κ3) is 3.26. The molecule has 0 fully saturated rings. The molecule has 0 aliphatic rings. The fourth-order valence-corrected chi connectivity index (χ4v) is 1.61. The summed E-state index contributed by atoms with van der Waals surface area (Å²) in [5.74, 6) is 0.170. The van der Waals surface area contributed by atoms with Crippen molar-refractivity contribution < 1.29 is 9.53 Å². The van der Waals surface area contributed by atoms with Gasteiger partial charge in [-0.15, -0.1) is 0 Å². The van der Waals surface area contributed by atoms with Gasteiger partial charge in [-0.3, -0.25) is 4.79 Å². The van der Waals surface area contributed by atoms with Crippen LogP contribution in [0.4, 0.5) is 5.69 Å². The number of carbonyl (C=O) groups is 1. The summed E-state index contributed by atoms with van der Waals surface area (Å²) in [6, 6.07) is 5.71. The smallest absolute Gasteiger partial charge is 0.310 e. The Kier molecular flexibility index (Phi) is 4.35. The van der Waals surface area contributed by atoms with Crippen LogP contribution >= 0.6 is 0 Å². The molecule has 1 aromatic carbocycles. The van der Waals surface area contributed by atoms with Gasteiger partial charge in [0, 0.05) is 5.69 Å². The molecule has 16 heavy (non-hydrogen) atoms. The molecule has 0 bridgehead atoms. The van der Waals surface area contributed by atoms with E-state index in [2.05, 4.69) is 13.8 Å². The number of anilines is 1. The van der Waals surface area contributed by atoms with E-state index in [9.17, 15) is 4.79 Å². The predicted molar refractivity (Wildman–Crippen MR) is 65.3 cm³/mol. The maximum atomic E-state index is 11.3. The molecule has 88 valence electrons. The van der Waals surface area contributed by atoms with Crippen LogP contribution in [0.3, 0.4) is 0 Å². The Morgan fingerprint density at radius 2 is 2.12 bits per heavy atom. The minimum absolute atomic E-state index is 0.193. The van der Waals surface area contributed by atoms with E-state index in [1.165, 1.54) is 0 Å². The average Bonchev–Trinajstić information content (AvgIpc) is 2.21. The summed E-state index contributed by atoms with van der Waals surface area (Å²) in [4.78, 5) is 11.3. The number of benzene rings is 1. The Morgan fingerprint density at radius 1 is 1.44 bits per heavy atom. The first-order valence-corrected chi connectivity index (χ1v) is 5.58. The maximum Gasteiger partial charge on any atom is 0.310 e. The van der Waals surface area contributed by atoms with Gasteiger partial charge in [-0.25, -0.2) is 0 Å². The van der Waals surface area contributed by atoms with E-state index in [1.54, 1.807) is 6.92 Å². The molecule has 0 aliphatic carbocycles. The van der Waals surface area contributed by atoms with E-state index in [0.717, 1.165) is 16.8 Å². The molecule has 0 aromatic heterocycles. The lowest BCUT2D eigenvalue weighted by atomic mass is 9.98. The molecule has 0 amide bonds. The molecule has 2 N–H and O–H groups in total. The van der Waals surface area contributed by atoms with Gasteiger partial charge in [-0.1, -0.05) is 26.0 Å².